The summed E-state index contributed by atoms with van der Waals surface area (Å²) in [7, 11) is 0. The predicted octanol–water partition coefficient (Wildman–Crippen LogP) is 3.06. The van der Waals surface area contributed by atoms with Gasteiger partial charge in [0.25, 0.3) is 0 Å². The van der Waals surface area contributed by atoms with Crippen LogP contribution in [0.25, 0.3) is 0 Å². The van der Waals surface area contributed by atoms with E-state index in [1.165, 1.54) is 12.1 Å². The van der Waals surface area contributed by atoms with Crippen LogP contribution in [-0.2, 0) is 9.47 Å². The van der Waals surface area contributed by atoms with Crippen LogP contribution in [0.1, 0.15) is 38.4 Å². The Morgan fingerprint density at radius 3 is 2.50 bits per heavy atom. The molecule has 0 spiro atoms. The number of benzene rings is 1. The lowest BCUT2D eigenvalue weighted by atomic mass is 10.1. The van der Waals surface area contributed by atoms with Crippen LogP contribution in [0.2, 0.25) is 0 Å². The molecule has 1 fully saturated rings. The molecular weight excluding hydrogens is 257 g/mol. The molecule has 112 valence electrons. The van der Waals surface area contributed by atoms with Crippen LogP contribution >= 0.6 is 0 Å². The van der Waals surface area contributed by atoms with Gasteiger partial charge >= 0.3 is 0 Å². The van der Waals surface area contributed by atoms with E-state index in [-0.39, 0.29) is 18.0 Å². The van der Waals surface area contributed by atoms with E-state index in [1.807, 2.05) is 0 Å². The summed E-state index contributed by atoms with van der Waals surface area (Å²) in [5.41, 5.74) is 1.02. The molecule has 20 heavy (non-hydrogen) atoms. The van der Waals surface area contributed by atoms with Crippen molar-refractivity contribution in [2.24, 2.45) is 0 Å². The van der Waals surface area contributed by atoms with Crippen molar-refractivity contribution in [1.29, 1.82) is 0 Å². The molecule has 1 saturated heterocycles. The monoisotopic (exact) mass is 281 g/mol. The number of rotatable bonds is 6. The minimum atomic E-state index is -0.213. The third-order valence-electron chi connectivity index (χ3n) is 3.48. The Balaban J connectivity index is 2.00. The van der Waals surface area contributed by atoms with E-state index in [2.05, 4.69) is 19.2 Å². The number of halogens is 1. The summed E-state index contributed by atoms with van der Waals surface area (Å²) in [6, 6.07) is 7.00. The van der Waals surface area contributed by atoms with Gasteiger partial charge in [0.15, 0.2) is 0 Å². The Bertz CT molecular complexity index is 388. The average molecular weight is 281 g/mol. The summed E-state index contributed by atoms with van der Waals surface area (Å²) in [4.78, 5) is 0. The highest BCUT2D eigenvalue weighted by Gasteiger charge is 2.21. The van der Waals surface area contributed by atoms with Gasteiger partial charge in [0.2, 0.25) is 0 Å². The van der Waals surface area contributed by atoms with Crippen molar-refractivity contribution >= 4 is 0 Å². The minimum Gasteiger partial charge on any atom is -0.381 e. The molecule has 4 heteroatoms. The molecule has 0 radical (unpaired) electrons. The van der Waals surface area contributed by atoms with E-state index in [9.17, 15) is 4.39 Å². The lowest BCUT2D eigenvalue weighted by molar-refractivity contribution is -0.0693. The van der Waals surface area contributed by atoms with E-state index in [0.29, 0.717) is 6.04 Å². The first-order valence-electron chi connectivity index (χ1n) is 7.37. The molecule has 3 nitrogen and oxygen atoms in total. The van der Waals surface area contributed by atoms with Crippen molar-refractivity contribution in [2.45, 2.75) is 44.9 Å². The second-order valence-electron chi connectivity index (χ2n) is 5.55. The number of hydrogen-bond donors (Lipinski definition) is 1. The van der Waals surface area contributed by atoms with Crippen LogP contribution in [0.3, 0.4) is 0 Å². The molecule has 1 N–H and O–H groups in total. The van der Waals surface area contributed by atoms with Crippen LogP contribution in [0.4, 0.5) is 4.39 Å². The molecule has 1 atom stereocenters. The lowest BCUT2D eigenvalue weighted by Crippen LogP contribution is -2.33. The number of ether oxygens (including phenoxy) is 2. The SMILES string of the molecule is CC(C)NCC(OC1CCOCC1)c1ccc(F)cc1. The van der Waals surface area contributed by atoms with E-state index < -0.39 is 0 Å². The van der Waals surface area contributed by atoms with Crippen molar-refractivity contribution in [2.75, 3.05) is 19.8 Å². The van der Waals surface area contributed by atoms with E-state index in [4.69, 9.17) is 9.47 Å². The molecule has 1 heterocycles. The average Bonchev–Trinajstić information content (AvgIpc) is 2.45. The number of nitrogens with one attached hydrogen (secondary N) is 1. The van der Waals surface area contributed by atoms with Crippen molar-refractivity contribution < 1.29 is 13.9 Å². The summed E-state index contributed by atoms with van der Waals surface area (Å²) in [6.07, 6.45) is 2.05. The predicted molar refractivity (Wildman–Crippen MR) is 77.2 cm³/mol. The minimum absolute atomic E-state index is 0.0406. The molecular formula is C16H24FNO2. The van der Waals surface area contributed by atoms with Gasteiger partial charge in [-0.05, 0) is 30.5 Å². The summed E-state index contributed by atoms with van der Waals surface area (Å²) < 4.78 is 24.6. The van der Waals surface area contributed by atoms with Gasteiger partial charge in [0, 0.05) is 25.8 Å². The first-order valence-corrected chi connectivity index (χ1v) is 7.37. The second-order valence-corrected chi connectivity index (χ2v) is 5.55. The maximum Gasteiger partial charge on any atom is 0.123 e. The Labute approximate surface area is 120 Å². The standard InChI is InChI=1S/C16H24FNO2/c1-12(2)18-11-16(13-3-5-14(17)6-4-13)20-15-7-9-19-10-8-15/h3-6,12,15-16,18H,7-11H2,1-2H3. The number of hydrogen-bond acceptors (Lipinski definition) is 3. The van der Waals surface area contributed by atoms with Gasteiger partial charge in [-0.2, -0.15) is 0 Å². The molecule has 0 saturated carbocycles. The summed E-state index contributed by atoms with van der Waals surface area (Å²) in [5.74, 6) is -0.213. The lowest BCUT2D eigenvalue weighted by Gasteiger charge is -2.28. The molecule has 1 aromatic carbocycles. The van der Waals surface area contributed by atoms with Crippen molar-refractivity contribution in [1.82, 2.24) is 5.32 Å². The first-order chi connectivity index (χ1) is 9.65. The Kier molecular flexibility index (Phi) is 5.95. The smallest absolute Gasteiger partial charge is 0.123 e. The highest BCUT2D eigenvalue weighted by atomic mass is 19.1. The van der Waals surface area contributed by atoms with Crippen molar-refractivity contribution in [3.8, 4) is 0 Å². The summed E-state index contributed by atoms with van der Waals surface area (Å²) in [5, 5.41) is 3.40. The topological polar surface area (TPSA) is 30.5 Å². The zero-order valence-corrected chi connectivity index (χ0v) is 12.3. The second kappa shape index (κ2) is 7.72. The van der Waals surface area contributed by atoms with Gasteiger partial charge in [-0.25, -0.2) is 4.39 Å². The highest BCUT2D eigenvalue weighted by Crippen LogP contribution is 2.23. The highest BCUT2D eigenvalue weighted by molar-refractivity contribution is 5.19. The van der Waals surface area contributed by atoms with Crippen LogP contribution < -0.4 is 5.32 Å². The fraction of sp³-hybridized carbons (Fsp3) is 0.625. The van der Waals surface area contributed by atoms with E-state index in [1.54, 1.807) is 12.1 Å². The Morgan fingerprint density at radius 2 is 1.90 bits per heavy atom. The van der Waals surface area contributed by atoms with Crippen LogP contribution in [0.5, 0.6) is 0 Å². The summed E-state index contributed by atoms with van der Waals surface area (Å²) in [6.45, 7) is 6.48. The zero-order chi connectivity index (χ0) is 14.4. The van der Waals surface area contributed by atoms with Gasteiger partial charge in [-0.3, -0.25) is 0 Å². The van der Waals surface area contributed by atoms with Crippen LogP contribution in [0, 0.1) is 5.82 Å². The Morgan fingerprint density at radius 1 is 1.25 bits per heavy atom. The largest absolute Gasteiger partial charge is 0.381 e. The maximum absolute atomic E-state index is 13.0. The van der Waals surface area contributed by atoms with Gasteiger partial charge in [0.1, 0.15) is 5.82 Å². The third-order valence-corrected chi connectivity index (χ3v) is 3.48. The fourth-order valence-corrected chi connectivity index (χ4v) is 2.31. The van der Waals surface area contributed by atoms with Crippen molar-refractivity contribution in [3.05, 3.63) is 35.6 Å². The van der Waals surface area contributed by atoms with E-state index >= 15 is 0 Å². The molecule has 0 amide bonds. The zero-order valence-electron chi connectivity index (χ0n) is 12.3. The molecule has 0 bridgehead atoms. The van der Waals surface area contributed by atoms with Gasteiger partial charge in [-0.1, -0.05) is 26.0 Å². The molecule has 2 rings (SSSR count). The van der Waals surface area contributed by atoms with Gasteiger partial charge < -0.3 is 14.8 Å². The first kappa shape index (κ1) is 15.4. The fourth-order valence-electron chi connectivity index (χ4n) is 2.31. The summed E-state index contributed by atoms with van der Waals surface area (Å²) >= 11 is 0. The molecule has 1 aliphatic heterocycles. The molecule has 0 aliphatic carbocycles. The molecule has 1 aliphatic rings. The Hall–Kier alpha value is -0.970. The van der Waals surface area contributed by atoms with Crippen molar-refractivity contribution in [3.63, 3.8) is 0 Å². The molecule has 0 aromatic heterocycles. The van der Waals surface area contributed by atoms with Gasteiger partial charge in [-0.15, -0.1) is 0 Å². The van der Waals surface area contributed by atoms with E-state index in [0.717, 1.165) is 38.2 Å². The molecule has 1 unspecified atom stereocenters. The maximum atomic E-state index is 13.0. The van der Waals surface area contributed by atoms with Crippen LogP contribution in [-0.4, -0.2) is 31.9 Å². The third kappa shape index (κ3) is 4.85. The normalized spacial score (nSPS) is 18.4. The molecule has 1 aromatic rings. The van der Waals surface area contributed by atoms with Crippen LogP contribution in [0.15, 0.2) is 24.3 Å². The quantitative estimate of drug-likeness (QED) is 0.869. The van der Waals surface area contributed by atoms with Gasteiger partial charge in [0.05, 0.1) is 12.2 Å².